The van der Waals surface area contributed by atoms with Crippen LogP contribution in [0.15, 0.2) is 108 Å². The van der Waals surface area contributed by atoms with Gasteiger partial charge in [0, 0.05) is 50.7 Å². The monoisotopic (exact) mass is 657 g/mol. The van der Waals surface area contributed by atoms with Crippen LogP contribution in [0.4, 0.5) is 11.4 Å². The van der Waals surface area contributed by atoms with E-state index >= 15 is 0 Å². The van der Waals surface area contributed by atoms with Crippen molar-refractivity contribution < 1.29 is 34.1 Å². The summed E-state index contributed by atoms with van der Waals surface area (Å²) in [5.41, 5.74) is 3.07. The average Bonchev–Trinajstić information content (AvgIpc) is 3.27. The Bertz CT molecular complexity index is 2180. The number of aromatic hydroxyl groups is 2. The van der Waals surface area contributed by atoms with E-state index in [2.05, 4.69) is 10.3 Å². The zero-order chi connectivity index (χ0) is 33.2. The van der Waals surface area contributed by atoms with Crippen molar-refractivity contribution in [2.75, 3.05) is 23.3 Å². The highest BCUT2D eigenvalue weighted by molar-refractivity contribution is 6.32. The molecule has 3 N–H and O–H groups in total. The lowest BCUT2D eigenvalue weighted by Gasteiger charge is -2.36. The molecule has 5 aromatic rings. The second-order valence-electron chi connectivity index (χ2n) is 11.5. The molecule has 2 amide bonds. The molecule has 3 aliphatic heterocycles. The van der Waals surface area contributed by atoms with E-state index in [0.717, 1.165) is 5.56 Å². The van der Waals surface area contributed by atoms with E-state index in [0.29, 0.717) is 44.4 Å². The van der Waals surface area contributed by atoms with Crippen molar-refractivity contribution >= 4 is 46.5 Å². The lowest BCUT2D eigenvalue weighted by Crippen LogP contribution is -2.39. The Labute approximate surface area is 278 Å². The molecule has 0 fully saturated rings. The van der Waals surface area contributed by atoms with Crippen LogP contribution in [0, 0.1) is 0 Å². The molecule has 3 aliphatic rings. The van der Waals surface area contributed by atoms with Gasteiger partial charge in [0.15, 0.2) is 5.60 Å². The zero-order valence-electron chi connectivity index (χ0n) is 24.9. The number of halogens is 1. The van der Waals surface area contributed by atoms with E-state index in [9.17, 15) is 24.6 Å². The first-order valence-corrected chi connectivity index (χ1v) is 15.3. The molecular weight excluding hydrogens is 634 g/mol. The van der Waals surface area contributed by atoms with Crippen LogP contribution < -0.4 is 15.0 Å². The van der Waals surface area contributed by atoms with Crippen molar-refractivity contribution in [3.63, 3.8) is 0 Å². The number of hydrogen-bond acceptors (Lipinski definition) is 8. The minimum absolute atomic E-state index is 0.0495. The molecule has 0 unspecified atom stereocenters. The normalized spacial score (nSPS) is 15.3. The molecule has 1 spiro atoms. The molecule has 0 saturated carbocycles. The van der Waals surface area contributed by atoms with Crippen molar-refractivity contribution in [1.29, 1.82) is 0 Å². The van der Waals surface area contributed by atoms with Gasteiger partial charge >= 0.3 is 5.97 Å². The Kier molecular flexibility index (Phi) is 6.71. The van der Waals surface area contributed by atoms with Gasteiger partial charge in [-0.3, -0.25) is 14.6 Å². The van der Waals surface area contributed by atoms with Crippen molar-refractivity contribution in [2.24, 2.45) is 4.99 Å². The molecule has 0 radical (unpaired) electrons. The van der Waals surface area contributed by atoms with Crippen LogP contribution in [0.25, 0.3) is 0 Å². The van der Waals surface area contributed by atoms with Gasteiger partial charge in [0.2, 0.25) is 11.8 Å². The first kappa shape index (κ1) is 29.3. The summed E-state index contributed by atoms with van der Waals surface area (Å²) >= 11 is 6.36. The second kappa shape index (κ2) is 11.0. The number of phenolic OH excluding ortho intramolecular Hbond substituents is 2. The van der Waals surface area contributed by atoms with E-state index in [4.69, 9.17) is 21.1 Å². The van der Waals surface area contributed by atoms with Gasteiger partial charge < -0.3 is 29.9 Å². The topological polar surface area (TPSA) is 138 Å². The van der Waals surface area contributed by atoms with E-state index in [-0.39, 0.29) is 47.6 Å². The van der Waals surface area contributed by atoms with Gasteiger partial charge in [-0.25, -0.2) is 4.79 Å². The fourth-order valence-electron chi connectivity index (χ4n) is 6.53. The number of amides is 2. The van der Waals surface area contributed by atoms with Crippen molar-refractivity contribution in [3.05, 3.63) is 142 Å². The van der Waals surface area contributed by atoms with Gasteiger partial charge in [-0.1, -0.05) is 48.0 Å². The average molecular weight is 658 g/mol. The number of aliphatic imine (C=N–C) groups is 1. The number of ether oxygens (including phenoxy) is 2. The van der Waals surface area contributed by atoms with Crippen LogP contribution in [-0.2, 0) is 19.9 Å². The van der Waals surface area contributed by atoms with Crippen LogP contribution in [0.1, 0.15) is 38.2 Å². The fraction of sp³-hybridized carbons (Fsp3) is 0.0811. The molecule has 3 heterocycles. The molecule has 0 saturated heterocycles. The standard InChI is InChI=1S/C37H24ClN3O7/c38-21-6-13-30-26(14-21)35(20-4-2-1-3-5-20)39-18-34(45)41(30)19-33(44)40-22-7-10-27-25(15-22)36(46)48-37(27)28-11-8-23(42)16-31(28)47-32-17-24(43)9-12-29(32)37/h1-17,42-43H,18-19H2,(H,40,44). The zero-order valence-corrected chi connectivity index (χ0v) is 25.7. The van der Waals surface area contributed by atoms with Crippen LogP contribution in [0.5, 0.6) is 23.0 Å². The predicted octanol–water partition coefficient (Wildman–Crippen LogP) is 6.14. The van der Waals surface area contributed by atoms with E-state index in [1.165, 1.54) is 35.2 Å². The van der Waals surface area contributed by atoms with Gasteiger partial charge in [-0.05, 0) is 54.6 Å². The Hall–Kier alpha value is -6.13. The van der Waals surface area contributed by atoms with Crippen LogP contribution in [0.3, 0.4) is 0 Å². The smallest absolute Gasteiger partial charge is 0.340 e. The summed E-state index contributed by atoms with van der Waals surface area (Å²) < 4.78 is 12.1. The molecule has 10 nitrogen and oxygen atoms in total. The minimum atomic E-state index is -1.43. The fourth-order valence-corrected chi connectivity index (χ4v) is 6.70. The molecule has 8 rings (SSSR count). The summed E-state index contributed by atoms with van der Waals surface area (Å²) in [7, 11) is 0. The summed E-state index contributed by atoms with van der Waals surface area (Å²) in [5, 5.41) is 23.6. The molecule has 0 aliphatic carbocycles. The third-order valence-electron chi connectivity index (χ3n) is 8.58. The SMILES string of the molecule is O=C(CN1C(=O)CN=C(c2ccccc2)c2cc(Cl)ccc21)Nc1ccc2c(c1)C(=O)OC21c2ccc(O)cc2Oc2cc(O)ccc21. The number of benzene rings is 5. The number of phenols is 2. The predicted molar refractivity (Wildman–Crippen MR) is 177 cm³/mol. The molecule has 0 bridgehead atoms. The highest BCUT2D eigenvalue weighted by atomic mass is 35.5. The number of rotatable bonds is 4. The molecule has 0 aromatic heterocycles. The van der Waals surface area contributed by atoms with E-state index in [1.54, 1.807) is 42.5 Å². The van der Waals surface area contributed by atoms with Gasteiger partial charge in [0.1, 0.15) is 36.1 Å². The summed E-state index contributed by atoms with van der Waals surface area (Å²) in [6.07, 6.45) is 0. The van der Waals surface area contributed by atoms with Crippen LogP contribution >= 0.6 is 11.6 Å². The highest BCUT2D eigenvalue weighted by Gasteiger charge is 2.53. The Balaban J connectivity index is 1.12. The summed E-state index contributed by atoms with van der Waals surface area (Å²) in [6.45, 7) is -0.486. The molecular formula is C37H24ClN3O7. The lowest BCUT2D eigenvalue weighted by atomic mass is 9.77. The maximum absolute atomic E-state index is 13.5. The van der Waals surface area contributed by atoms with Gasteiger partial charge in [0.05, 0.1) is 17.0 Å². The van der Waals surface area contributed by atoms with Gasteiger partial charge in [-0.15, -0.1) is 0 Å². The Morgan fingerprint density at radius 3 is 2.23 bits per heavy atom. The third-order valence-corrected chi connectivity index (χ3v) is 8.82. The first-order valence-electron chi connectivity index (χ1n) is 14.9. The summed E-state index contributed by atoms with van der Waals surface area (Å²) in [4.78, 5) is 46.3. The van der Waals surface area contributed by atoms with Gasteiger partial charge in [-0.2, -0.15) is 0 Å². The number of fused-ring (bicyclic) bond motifs is 7. The first-order chi connectivity index (χ1) is 23.2. The van der Waals surface area contributed by atoms with Crippen molar-refractivity contribution in [3.8, 4) is 23.0 Å². The number of esters is 1. The van der Waals surface area contributed by atoms with Crippen molar-refractivity contribution in [1.82, 2.24) is 0 Å². The molecule has 0 atom stereocenters. The second-order valence-corrected chi connectivity index (χ2v) is 12.0. The quantitative estimate of drug-likeness (QED) is 0.197. The van der Waals surface area contributed by atoms with Crippen molar-refractivity contribution in [2.45, 2.75) is 5.60 Å². The number of carbonyl (C=O) groups excluding carboxylic acids is 3. The number of carbonyl (C=O) groups is 3. The molecule has 48 heavy (non-hydrogen) atoms. The number of nitrogens with one attached hydrogen (secondary N) is 1. The molecule has 11 heteroatoms. The van der Waals surface area contributed by atoms with Crippen LogP contribution in [0.2, 0.25) is 5.02 Å². The summed E-state index contributed by atoms with van der Waals surface area (Å²) in [6, 6.07) is 28.4. The Morgan fingerprint density at radius 1 is 0.833 bits per heavy atom. The molecule has 236 valence electrons. The number of nitrogens with zero attached hydrogens (tertiary/aromatic N) is 2. The lowest BCUT2D eigenvalue weighted by molar-refractivity contribution is -0.120. The highest BCUT2D eigenvalue weighted by Crippen LogP contribution is 2.57. The number of benzodiazepines with no additional fused rings is 1. The minimum Gasteiger partial charge on any atom is -0.508 e. The van der Waals surface area contributed by atoms with E-state index < -0.39 is 17.5 Å². The largest absolute Gasteiger partial charge is 0.508 e. The Morgan fingerprint density at radius 2 is 1.52 bits per heavy atom. The maximum Gasteiger partial charge on any atom is 0.340 e. The van der Waals surface area contributed by atoms with E-state index in [1.807, 2.05) is 30.3 Å². The number of hydrogen-bond donors (Lipinski definition) is 3. The third kappa shape index (κ3) is 4.65. The summed E-state index contributed by atoms with van der Waals surface area (Å²) in [5.74, 6) is -1.09. The van der Waals surface area contributed by atoms with Gasteiger partial charge in [0.25, 0.3) is 0 Å². The number of anilines is 2. The molecule has 5 aromatic carbocycles. The van der Waals surface area contributed by atoms with Crippen LogP contribution in [-0.4, -0.2) is 46.8 Å². The maximum atomic E-state index is 13.5.